The van der Waals surface area contributed by atoms with Crippen LogP contribution in [0.15, 0.2) is 23.1 Å². The summed E-state index contributed by atoms with van der Waals surface area (Å²) < 4.78 is 1.28. The number of hydrogen-bond acceptors (Lipinski definition) is 7. The molecule has 0 spiro atoms. The molecule has 138 valence electrons. The van der Waals surface area contributed by atoms with Gasteiger partial charge in [0.2, 0.25) is 10.8 Å². The zero-order valence-electron chi connectivity index (χ0n) is 13.7. The first-order valence-electron chi connectivity index (χ1n) is 7.83. The molecule has 9 nitrogen and oxygen atoms in total. The van der Waals surface area contributed by atoms with E-state index in [1.165, 1.54) is 21.9 Å². The third kappa shape index (κ3) is 2.82. The molecule has 0 bridgehead atoms. The van der Waals surface area contributed by atoms with Crippen LogP contribution in [0.4, 0.5) is 0 Å². The van der Waals surface area contributed by atoms with E-state index in [0.717, 1.165) is 4.88 Å². The topological polar surface area (TPSA) is 131 Å². The molecule has 1 aliphatic rings. The normalized spacial score (nSPS) is 13.6. The molecule has 0 unspecified atom stereocenters. The molecule has 3 aromatic rings. The first-order chi connectivity index (χ1) is 12.9. The Labute approximate surface area is 160 Å². The molecule has 0 atom stereocenters. The second-order valence-corrected chi connectivity index (χ2v) is 7.37. The Balaban J connectivity index is 1.73. The van der Waals surface area contributed by atoms with Crippen LogP contribution in [0.25, 0.3) is 4.96 Å². The summed E-state index contributed by atoms with van der Waals surface area (Å²) in [5, 5.41) is 10.1. The molecule has 0 saturated heterocycles. The summed E-state index contributed by atoms with van der Waals surface area (Å²) in [7, 11) is 0. The summed E-state index contributed by atoms with van der Waals surface area (Å²) >= 11 is 6.93. The van der Waals surface area contributed by atoms with E-state index < -0.39 is 22.9 Å². The molecular formula is C16H12ClN5O4S. The Morgan fingerprint density at radius 2 is 2.11 bits per heavy atom. The number of halogens is 1. The molecule has 1 aliphatic heterocycles. The van der Waals surface area contributed by atoms with Crippen molar-refractivity contribution in [3.63, 3.8) is 0 Å². The quantitative estimate of drug-likeness (QED) is 0.606. The molecular weight excluding hydrogens is 394 g/mol. The lowest BCUT2D eigenvalue weighted by Gasteiger charge is -2.26. The number of thiazole rings is 1. The van der Waals surface area contributed by atoms with Crippen molar-refractivity contribution in [1.29, 1.82) is 0 Å². The van der Waals surface area contributed by atoms with E-state index in [0.29, 0.717) is 29.4 Å². The smallest absolute Gasteiger partial charge is 0.275 e. The third-order valence-electron chi connectivity index (χ3n) is 4.30. The SMILES string of the molecule is NC(=O)c1c(O)nc2sc3c(n2c1=O)CCN(C(=O)c1ccc(Cl)nc1)C3. The molecule has 4 heterocycles. The predicted molar refractivity (Wildman–Crippen MR) is 97.2 cm³/mol. The second kappa shape index (κ2) is 6.32. The average molecular weight is 406 g/mol. The fraction of sp³-hybridized carbons (Fsp3) is 0.188. The van der Waals surface area contributed by atoms with Crippen LogP contribution in [0, 0.1) is 0 Å². The summed E-state index contributed by atoms with van der Waals surface area (Å²) in [5.41, 5.74) is 4.99. The van der Waals surface area contributed by atoms with Crippen LogP contribution in [0.3, 0.4) is 0 Å². The summed E-state index contributed by atoms with van der Waals surface area (Å²) in [6.07, 6.45) is 1.81. The fourth-order valence-electron chi connectivity index (χ4n) is 3.03. The van der Waals surface area contributed by atoms with Crippen LogP contribution in [0.1, 0.15) is 31.3 Å². The maximum atomic E-state index is 12.7. The highest BCUT2D eigenvalue weighted by molar-refractivity contribution is 7.17. The van der Waals surface area contributed by atoms with E-state index in [4.69, 9.17) is 17.3 Å². The fourth-order valence-corrected chi connectivity index (χ4v) is 4.31. The Hall–Kier alpha value is -2.98. The number of carbonyl (C=O) groups is 2. The molecule has 3 N–H and O–H groups in total. The van der Waals surface area contributed by atoms with E-state index in [-0.39, 0.29) is 17.4 Å². The lowest BCUT2D eigenvalue weighted by Crippen LogP contribution is -2.37. The van der Waals surface area contributed by atoms with Crippen LogP contribution in [0.5, 0.6) is 5.88 Å². The first-order valence-corrected chi connectivity index (χ1v) is 9.03. The number of amides is 2. The predicted octanol–water partition coefficient (Wildman–Crippen LogP) is 0.807. The molecule has 0 aromatic carbocycles. The van der Waals surface area contributed by atoms with Crippen molar-refractivity contribution in [3.8, 4) is 5.88 Å². The minimum atomic E-state index is -1.04. The molecule has 11 heteroatoms. The van der Waals surface area contributed by atoms with Crippen molar-refractivity contribution in [2.75, 3.05) is 6.54 Å². The van der Waals surface area contributed by atoms with Gasteiger partial charge in [0.25, 0.3) is 17.4 Å². The van der Waals surface area contributed by atoms with Crippen molar-refractivity contribution in [3.05, 3.63) is 55.5 Å². The van der Waals surface area contributed by atoms with Crippen LogP contribution < -0.4 is 11.3 Å². The highest BCUT2D eigenvalue weighted by Gasteiger charge is 2.28. The number of fused-ring (bicyclic) bond motifs is 3. The largest absolute Gasteiger partial charge is 0.492 e. The van der Waals surface area contributed by atoms with Crippen LogP contribution in [0.2, 0.25) is 5.15 Å². The molecule has 4 rings (SSSR count). The van der Waals surface area contributed by atoms with Crippen molar-refractivity contribution in [1.82, 2.24) is 19.3 Å². The van der Waals surface area contributed by atoms with Gasteiger partial charge in [-0.1, -0.05) is 22.9 Å². The van der Waals surface area contributed by atoms with Gasteiger partial charge in [0, 0.05) is 29.7 Å². The number of primary amides is 1. The van der Waals surface area contributed by atoms with E-state index in [1.807, 2.05) is 0 Å². The van der Waals surface area contributed by atoms with Crippen molar-refractivity contribution < 1.29 is 14.7 Å². The molecule has 0 aliphatic carbocycles. The summed E-state index contributed by atoms with van der Waals surface area (Å²) in [5.74, 6) is -1.93. The number of pyridine rings is 1. The number of aromatic nitrogens is 3. The molecule has 0 saturated carbocycles. The molecule has 27 heavy (non-hydrogen) atoms. The monoisotopic (exact) mass is 405 g/mol. The Kier molecular flexibility index (Phi) is 4.08. The highest BCUT2D eigenvalue weighted by atomic mass is 35.5. The number of rotatable bonds is 2. The van der Waals surface area contributed by atoms with Crippen molar-refractivity contribution >= 4 is 39.7 Å². The minimum absolute atomic E-state index is 0.205. The van der Waals surface area contributed by atoms with Crippen LogP contribution in [-0.2, 0) is 13.0 Å². The highest BCUT2D eigenvalue weighted by Crippen LogP contribution is 2.29. The zero-order valence-corrected chi connectivity index (χ0v) is 15.3. The average Bonchev–Trinajstić information content (AvgIpc) is 2.98. The Morgan fingerprint density at radius 3 is 2.78 bits per heavy atom. The van der Waals surface area contributed by atoms with Gasteiger partial charge in [-0.05, 0) is 12.1 Å². The lowest BCUT2D eigenvalue weighted by molar-refractivity contribution is 0.0735. The number of nitrogens with zero attached hydrogens (tertiary/aromatic N) is 4. The summed E-state index contributed by atoms with van der Waals surface area (Å²) in [6, 6.07) is 3.14. The van der Waals surface area contributed by atoms with E-state index in [2.05, 4.69) is 9.97 Å². The lowest BCUT2D eigenvalue weighted by atomic mass is 10.1. The molecule has 2 amide bonds. The summed E-state index contributed by atoms with van der Waals surface area (Å²) in [6.45, 7) is 0.649. The van der Waals surface area contributed by atoms with Crippen molar-refractivity contribution in [2.45, 2.75) is 13.0 Å². The van der Waals surface area contributed by atoms with Gasteiger partial charge in [0.15, 0.2) is 5.56 Å². The maximum Gasteiger partial charge on any atom is 0.275 e. The van der Waals surface area contributed by atoms with Gasteiger partial charge < -0.3 is 15.7 Å². The van der Waals surface area contributed by atoms with Gasteiger partial charge >= 0.3 is 0 Å². The van der Waals surface area contributed by atoms with Gasteiger partial charge in [-0.3, -0.25) is 18.8 Å². The minimum Gasteiger partial charge on any atom is -0.492 e. The van der Waals surface area contributed by atoms with Crippen LogP contribution >= 0.6 is 22.9 Å². The standard InChI is InChI=1S/C16H12ClN5O4S/c17-10-2-1-7(5-19-10)14(25)21-4-3-8-9(6-21)27-16-20-13(24)11(12(18)23)15(26)22(8)16/h1-2,5,24H,3-4,6H2,(H2,18,23). The Bertz CT molecular complexity index is 1150. The van der Waals surface area contributed by atoms with Gasteiger partial charge in [0.1, 0.15) is 5.15 Å². The molecule has 0 radical (unpaired) electrons. The van der Waals surface area contributed by atoms with E-state index in [9.17, 15) is 19.5 Å². The van der Waals surface area contributed by atoms with Gasteiger partial charge in [-0.25, -0.2) is 4.98 Å². The molecule has 3 aromatic heterocycles. The zero-order chi connectivity index (χ0) is 19.3. The molecule has 0 fully saturated rings. The first kappa shape index (κ1) is 17.4. The summed E-state index contributed by atoms with van der Waals surface area (Å²) in [4.78, 5) is 47.1. The van der Waals surface area contributed by atoms with Gasteiger partial charge in [-0.15, -0.1) is 0 Å². The Morgan fingerprint density at radius 1 is 1.33 bits per heavy atom. The number of aromatic hydroxyl groups is 1. The number of nitrogens with two attached hydrogens (primary N) is 1. The van der Waals surface area contributed by atoms with Gasteiger partial charge in [-0.2, -0.15) is 4.98 Å². The van der Waals surface area contributed by atoms with Gasteiger partial charge in [0.05, 0.1) is 12.1 Å². The second-order valence-electron chi connectivity index (χ2n) is 5.92. The number of hydrogen-bond donors (Lipinski definition) is 2. The van der Waals surface area contributed by atoms with E-state index in [1.54, 1.807) is 17.0 Å². The van der Waals surface area contributed by atoms with Crippen molar-refractivity contribution in [2.24, 2.45) is 5.73 Å². The third-order valence-corrected chi connectivity index (χ3v) is 5.59. The maximum absolute atomic E-state index is 12.7. The van der Waals surface area contributed by atoms with Crippen LogP contribution in [-0.4, -0.2) is 42.7 Å². The van der Waals surface area contributed by atoms with E-state index >= 15 is 0 Å². The number of carbonyl (C=O) groups excluding carboxylic acids is 2.